The lowest BCUT2D eigenvalue weighted by Gasteiger charge is -2.33. The third-order valence-electron chi connectivity index (χ3n) is 4.06. The molecule has 1 N–H and O–H groups in total. The van der Waals surface area contributed by atoms with E-state index in [0.717, 1.165) is 37.4 Å². The monoisotopic (exact) mass is 320 g/mol. The van der Waals surface area contributed by atoms with Gasteiger partial charge in [0.05, 0.1) is 11.9 Å². The summed E-state index contributed by atoms with van der Waals surface area (Å²) < 4.78 is 23.5. The van der Waals surface area contributed by atoms with E-state index < -0.39 is 9.84 Å². The van der Waals surface area contributed by atoms with Crippen LogP contribution in [0.25, 0.3) is 0 Å². The van der Waals surface area contributed by atoms with Crippen molar-refractivity contribution in [3.05, 3.63) is 36.3 Å². The second-order valence-electron chi connectivity index (χ2n) is 5.83. The first-order chi connectivity index (χ1) is 10.5. The first kappa shape index (κ1) is 15.0. The molecule has 0 spiro atoms. The third-order valence-corrected chi connectivity index (χ3v) is 5.21. The molecular formula is C15H20N4O2S. The number of H-pyrrole nitrogens is 1. The highest BCUT2D eigenvalue weighted by Gasteiger charge is 2.24. The fourth-order valence-electron chi connectivity index (χ4n) is 3.04. The van der Waals surface area contributed by atoms with Crippen LogP contribution < -0.4 is 4.90 Å². The summed E-state index contributed by atoms with van der Waals surface area (Å²) in [6, 6.07) is 5.91. The fourth-order valence-corrected chi connectivity index (χ4v) is 3.86. The number of pyridine rings is 1. The summed E-state index contributed by atoms with van der Waals surface area (Å²) in [6.45, 7) is 1.88. The quantitative estimate of drug-likeness (QED) is 0.927. The lowest BCUT2D eigenvalue weighted by atomic mass is 9.93. The number of anilines is 1. The molecule has 3 rings (SSSR count). The number of sulfone groups is 1. The number of nitrogens with one attached hydrogen (secondary N) is 1. The van der Waals surface area contributed by atoms with Gasteiger partial charge in [0, 0.05) is 25.5 Å². The highest BCUT2D eigenvalue weighted by Crippen LogP contribution is 2.25. The molecule has 1 aliphatic rings. The SMILES string of the molecule is CS(=O)(=O)c1cn[nH]c1C[C@H]1CCCN(c2ccccn2)C1. The number of aromatic nitrogens is 3. The van der Waals surface area contributed by atoms with Gasteiger partial charge in [-0.05, 0) is 37.3 Å². The van der Waals surface area contributed by atoms with Gasteiger partial charge in [-0.3, -0.25) is 5.10 Å². The lowest BCUT2D eigenvalue weighted by molar-refractivity contribution is 0.406. The summed E-state index contributed by atoms with van der Waals surface area (Å²) in [5.74, 6) is 1.39. The highest BCUT2D eigenvalue weighted by atomic mass is 32.2. The second kappa shape index (κ2) is 6.08. The van der Waals surface area contributed by atoms with Crippen molar-refractivity contribution in [3.8, 4) is 0 Å². The molecule has 0 amide bonds. The Morgan fingerprint density at radius 3 is 3.00 bits per heavy atom. The minimum Gasteiger partial charge on any atom is -0.356 e. The molecule has 0 bridgehead atoms. The van der Waals surface area contributed by atoms with Crippen LogP contribution in [0.2, 0.25) is 0 Å². The van der Waals surface area contributed by atoms with E-state index in [9.17, 15) is 8.42 Å². The van der Waals surface area contributed by atoms with Crippen molar-refractivity contribution >= 4 is 15.7 Å². The van der Waals surface area contributed by atoms with Crippen molar-refractivity contribution in [1.29, 1.82) is 0 Å². The molecule has 7 heteroatoms. The summed E-state index contributed by atoms with van der Waals surface area (Å²) in [5.41, 5.74) is 0.718. The molecule has 2 aromatic rings. The van der Waals surface area contributed by atoms with E-state index in [-0.39, 0.29) is 0 Å². The first-order valence-corrected chi connectivity index (χ1v) is 9.31. The maximum atomic E-state index is 11.8. The average Bonchev–Trinajstić information content (AvgIpc) is 2.97. The van der Waals surface area contributed by atoms with E-state index in [1.807, 2.05) is 18.2 Å². The van der Waals surface area contributed by atoms with Gasteiger partial charge < -0.3 is 4.90 Å². The number of rotatable bonds is 4. The van der Waals surface area contributed by atoms with Crippen LogP contribution in [0.15, 0.2) is 35.5 Å². The molecule has 1 aliphatic heterocycles. The molecule has 3 heterocycles. The molecule has 1 saturated heterocycles. The minimum atomic E-state index is -3.23. The summed E-state index contributed by atoms with van der Waals surface area (Å²) in [7, 11) is -3.23. The van der Waals surface area contributed by atoms with E-state index >= 15 is 0 Å². The van der Waals surface area contributed by atoms with Gasteiger partial charge in [-0.1, -0.05) is 6.07 Å². The van der Waals surface area contributed by atoms with E-state index in [0.29, 0.717) is 17.2 Å². The van der Waals surface area contributed by atoms with E-state index in [1.54, 1.807) is 6.20 Å². The largest absolute Gasteiger partial charge is 0.356 e. The van der Waals surface area contributed by atoms with Gasteiger partial charge in [0.1, 0.15) is 10.7 Å². The normalized spacial score (nSPS) is 19.3. The van der Waals surface area contributed by atoms with Gasteiger partial charge in [0.15, 0.2) is 9.84 Å². The summed E-state index contributed by atoms with van der Waals surface area (Å²) in [4.78, 5) is 6.99. The number of hydrogen-bond acceptors (Lipinski definition) is 5. The zero-order chi connectivity index (χ0) is 15.6. The van der Waals surface area contributed by atoms with Crippen molar-refractivity contribution in [1.82, 2.24) is 15.2 Å². The van der Waals surface area contributed by atoms with Crippen LogP contribution in [0.1, 0.15) is 18.5 Å². The Hall–Kier alpha value is -1.89. The molecule has 1 atom stereocenters. The maximum absolute atomic E-state index is 11.8. The Morgan fingerprint density at radius 2 is 2.27 bits per heavy atom. The van der Waals surface area contributed by atoms with Crippen molar-refractivity contribution in [2.24, 2.45) is 5.92 Å². The van der Waals surface area contributed by atoms with Crippen molar-refractivity contribution in [2.45, 2.75) is 24.2 Å². The number of aromatic amines is 1. The molecule has 6 nitrogen and oxygen atoms in total. The molecule has 0 saturated carbocycles. The smallest absolute Gasteiger partial charge is 0.178 e. The number of piperidine rings is 1. The fraction of sp³-hybridized carbons (Fsp3) is 0.467. The van der Waals surface area contributed by atoms with Crippen molar-refractivity contribution < 1.29 is 8.42 Å². The minimum absolute atomic E-state index is 0.322. The molecule has 2 aromatic heterocycles. The predicted molar refractivity (Wildman–Crippen MR) is 84.6 cm³/mol. The summed E-state index contributed by atoms with van der Waals surface area (Å²) in [6.07, 6.45) is 7.31. The zero-order valence-corrected chi connectivity index (χ0v) is 13.4. The van der Waals surface area contributed by atoms with Gasteiger partial charge in [-0.15, -0.1) is 0 Å². The van der Waals surface area contributed by atoms with Crippen LogP contribution in [0, 0.1) is 5.92 Å². The standard InChI is InChI=1S/C15H20N4O2S/c1-22(20,21)14-10-17-18-13(14)9-12-5-4-8-19(11-12)15-6-2-3-7-16-15/h2-3,6-7,10,12H,4-5,8-9,11H2,1H3,(H,17,18)/t12-/m1/s1. The van der Waals surface area contributed by atoms with Crippen LogP contribution >= 0.6 is 0 Å². The number of nitrogens with zero attached hydrogens (tertiary/aromatic N) is 3. The maximum Gasteiger partial charge on any atom is 0.178 e. The number of hydrogen-bond donors (Lipinski definition) is 1. The Balaban J connectivity index is 1.73. The lowest BCUT2D eigenvalue weighted by Crippen LogP contribution is -2.36. The predicted octanol–water partition coefficient (Wildman–Crippen LogP) is 1.67. The van der Waals surface area contributed by atoms with Gasteiger partial charge in [-0.2, -0.15) is 5.10 Å². The van der Waals surface area contributed by atoms with Crippen LogP contribution in [-0.4, -0.2) is 42.9 Å². The van der Waals surface area contributed by atoms with Gasteiger partial charge in [-0.25, -0.2) is 13.4 Å². The Kier molecular flexibility index (Phi) is 4.15. The molecule has 1 fully saturated rings. The van der Waals surface area contributed by atoms with Crippen molar-refractivity contribution in [3.63, 3.8) is 0 Å². The average molecular weight is 320 g/mol. The molecule has 118 valence electrons. The summed E-state index contributed by atoms with van der Waals surface area (Å²) >= 11 is 0. The van der Waals surface area contributed by atoms with Gasteiger partial charge in [0.25, 0.3) is 0 Å². The highest BCUT2D eigenvalue weighted by molar-refractivity contribution is 7.90. The van der Waals surface area contributed by atoms with Crippen LogP contribution in [0.3, 0.4) is 0 Å². The Bertz CT molecular complexity index is 727. The van der Waals surface area contributed by atoms with Crippen LogP contribution in [-0.2, 0) is 16.3 Å². The van der Waals surface area contributed by atoms with Gasteiger partial charge >= 0.3 is 0 Å². The molecular weight excluding hydrogens is 300 g/mol. The molecule has 0 unspecified atom stereocenters. The van der Waals surface area contributed by atoms with Crippen LogP contribution in [0.5, 0.6) is 0 Å². The Labute approximate surface area is 130 Å². The summed E-state index contributed by atoms with van der Waals surface area (Å²) in [5, 5.41) is 6.75. The molecule has 0 aliphatic carbocycles. The zero-order valence-electron chi connectivity index (χ0n) is 12.6. The Morgan fingerprint density at radius 1 is 1.41 bits per heavy atom. The first-order valence-electron chi connectivity index (χ1n) is 7.42. The topological polar surface area (TPSA) is 79.0 Å². The van der Waals surface area contributed by atoms with Gasteiger partial charge in [0.2, 0.25) is 0 Å². The van der Waals surface area contributed by atoms with E-state index in [4.69, 9.17) is 0 Å². The molecule has 22 heavy (non-hydrogen) atoms. The third kappa shape index (κ3) is 3.30. The van der Waals surface area contributed by atoms with E-state index in [2.05, 4.69) is 20.1 Å². The van der Waals surface area contributed by atoms with Crippen molar-refractivity contribution in [2.75, 3.05) is 24.2 Å². The second-order valence-corrected chi connectivity index (χ2v) is 7.82. The van der Waals surface area contributed by atoms with Crippen LogP contribution in [0.4, 0.5) is 5.82 Å². The van der Waals surface area contributed by atoms with E-state index in [1.165, 1.54) is 12.5 Å². The molecule has 0 radical (unpaired) electrons. The molecule has 0 aromatic carbocycles.